The molecule has 0 saturated heterocycles. The summed E-state index contributed by atoms with van der Waals surface area (Å²) in [5.74, 6) is 0.385. The minimum absolute atomic E-state index is 0.273. The van der Waals surface area contributed by atoms with Crippen LogP contribution in [-0.4, -0.2) is 12.5 Å². The van der Waals surface area contributed by atoms with Gasteiger partial charge in [-0.05, 0) is 50.3 Å². The van der Waals surface area contributed by atoms with E-state index in [0.717, 1.165) is 5.02 Å². The Kier molecular flexibility index (Phi) is 4.16. The highest BCUT2D eigenvalue weighted by atomic mass is 35.5. The van der Waals surface area contributed by atoms with Crippen molar-refractivity contribution < 1.29 is 4.79 Å². The van der Waals surface area contributed by atoms with Crippen LogP contribution in [0.25, 0.3) is 0 Å². The van der Waals surface area contributed by atoms with Crippen LogP contribution < -0.4 is 11.1 Å². The van der Waals surface area contributed by atoms with Crippen molar-refractivity contribution in [2.24, 2.45) is 17.1 Å². The number of carbonyl (C=O) groups is 1. The molecule has 0 aromatic heterocycles. The predicted molar refractivity (Wildman–Crippen MR) is 77.9 cm³/mol. The molecule has 1 aromatic carbocycles. The van der Waals surface area contributed by atoms with Crippen molar-refractivity contribution in [2.75, 3.05) is 6.54 Å². The molecule has 3 N–H and O–H groups in total. The van der Waals surface area contributed by atoms with Crippen LogP contribution in [-0.2, 0) is 4.79 Å². The van der Waals surface area contributed by atoms with E-state index < -0.39 is 5.41 Å². The molecule has 0 heterocycles. The molecule has 2 rings (SSSR count). The van der Waals surface area contributed by atoms with Gasteiger partial charge < -0.3 is 11.1 Å². The lowest BCUT2D eigenvalue weighted by molar-refractivity contribution is -0.125. The average molecular weight is 281 g/mol. The summed E-state index contributed by atoms with van der Waals surface area (Å²) in [7, 11) is 0. The molecule has 1 unspecified atom stereocenters. The SMILES string of the molecule is CC(C)(CNC(c1ccc(Cl)cc1)C1CC1)C(N)=O. The smallest absolute Gasteiger partial charge is 0.224 e. The zero-order chi connectivity index (χ0) is 14.0. The largest absolute Gasteiger partial charge is 0.369 e. The lowest BCUT2D eigenvalue weighted by Crippen LogP contribution is -2.42. The molecule has 4 heteroatoms. The number of hydrogen-bond donors (Lipinski definition) is 2. The number of carbonyl (C=O) groups excluding carboxylic acids is 1. The van der Waals surface area contributed by atoms with E-state index in [1.807, 2.05) is 26.0 Å². The van der Waals surface area contributed by atoms with Gasteiger partial charge in [0, 0.05) is 17.6 Å². The number of halogens is 1. The van der Waals surface area contributed by atoms with E-state index >= 15 is 0 Å². The Bertz CT molecular complexity index is 452. The number of amides is 1. The number of nitrogens with two attached hydrogens (primary N) is 1. The van der Waals surface area contributed by atoms with E-state index in [1.54, 1.807) is 0 Å². The maximum absolute atomic E-state index is 11.4. The van der Waals surface area contributed by atoms with Crippen LogP contribution in [0.2, 0.25) is 5.02 Å². The van der Waals surface area contributed by atoms with Gasteiger partial charge in [0.15, 0.2) is 0 Å². The molecule has 1 atom stereocenters. The van der Waals surface area contributed by atoms with Crippen molar-refractivity contribution in [2.45, 2.75) is 32.7 Å². The van der Waals surface area contributed by atoms with Gasteiger partial charge in [-0.1, -0.05) is 23.7 Å². The minimum atomic E-state index is -0.528. The van der Waals surface area contributed by atoms with Crippen LogP contribution in [0.4, 0.5) is 0 Å². The van der Waals surface area contributed by atoms with Crippen LogP contribution in [0.5, 0.6) is 0 Å². The van der Waals surface area contributed by atoms with E-state index in [9.17, 15) is 4.79 Å². The van der Waals surface area contributed by atoms with E-state index in [1.165, 1.54) is 18.4 Å². The molecule has 104 valence electrons. The standard InChI is InChI=1S/C15H21ClN2O/c1-15(2,14(17)19)9-18-13(10-3-4-10)11-5-7-12(16)8-6-11/h5-8,10,13,18H,3-4,9H2,1-2H3,(H2,17,19). The van der Waals surface area contributed by atoms with Crippen molar-refractivity contribution in [1.29, 1.82) is 0 Å². The van der Waals surface area contributed by atoms with Gasteiger partial charge in [0.05, 0.1) is 5.41 Å². The second-order valence-electron chi connectivity index (χ2n) is 6.00. The molecule has 1 amide bonds. The fourth-order valence-corrected chi connectivity index (χ4v) is 2.23. The van der Waals surface area contributed by atoms with E-state index in [0.29, 0.717) is 12.5 Å². The molecule has 1 aliphatic carbocycles. The third kappa shape index (κ3) is 3.71. The zero-order valence-electron chi connectivity index (χ0n) is 11.4. The van der Waals surface area contributed by atoms with Gasteiger partial charge in [-0.3, -0.25) is 4.79 Å². The quantitative estimate of drug-likeness (QED) is 0.842. The third-order valence-corrected chi connectivity index (χ3v) is 4.01. The maximum Gasteiger partial charge on any atom is 0.224 e. The molecule has 3 nitrogen and oxygen atoms in total. The van der Waals surface area contributed by atoms with E-state index in [2.05, 4.69) is 17.4 Å². The Labute approximate surface area is 119 Å². The molecule has 1 saturated carbocycles. The fourth-order valence-electron chi connectivity index (χ4n) is 2.11. The summed E-state index contributed by atoms with van der Waals surface area (Å²) >= 11 is 5.92. The normalized spacial score (nSPS) is 17.2. The summed E-state index contributed by atoms with van der Waals surface area (Å²) in [6.45, 7) is 4.33. The van der Waals surface area contributed by atoms with Crippen LogP contribution >= 0.6 is 11.6 Å². The number of primary amides is 1. The van der Waals surface area contributed by atoms with Gasteiger partial charge >= 0.3 is 0 Å². The second kappa shape index (κ2) is 5.51. The Morgan fingerprint density at radius 2 is 2.00 bits per heavy atom. The van der Waals surface area contributed by atoms with Gasteiger partial charge in [-0.15, -0.1) is 0 Å². The molecule has 0 aliphatic heterocycles. The molecule has 1 aliphatic rings. The lowest BCUT2D eigenvalue weighted by Gasteiger charge is -2.26. The number of hydrogen-bond acceptors (Lipinski definition) is 2. The first-order valence-electron chi connectivity index (χ1n) is 6.69. The first-order chi connectivity index (χ1) is 8.90. The fraction of sp³-hybridized carbons (Fsp3) is 0.533. The Morgan fingerprint density at radius 3 is 2.47 bits per heavy atom. The Balaban J connectivity index is 2.05. The summed E-state index contributed by atoms with van der Waals surface area (Å²) in [5.41, 5.74) is 6.11. The monoisotopic (exact) mass is 280 g/mol. The minimum Gasteiger partial charge on any atom is -0.369 e. The maximum atomic E-state index is 11.4. The van der Waals surface area contributed by atoms with Gasteiger partial charge in [0.2, 0.25) is 5.91 Å². The zero-order valence-corrected chi connectivity index (χ0v) is 12.2. The molecule has 1 fully saturated rings. The number of benzene rings is 1. The highest BCUT2D eigenvalue weighted by Gasteiger charge is 2.34. The van der Waals surface area contributed by atoms with Crippen molar-refractivity contribution >= 4 is 17.5 Å². The summed E-state index contributed by atoms with van der Waals surface area (Å²) in [5, 5.41) is 4.24. The predicted octanol–water partition coefficient (Wildman–Crippen LogP) is 2.89. The van der Waals surface area contributed by atoms with Crippen molar-refractivity contribution in [3.8, 4) is 0 Å². The van der Waals surface area contributed by atoms with Crippen LogP contribution in [0, 0.1) is 11.3 Å². The highest BCUT2D eigenvalue weighted by molar-refractivity contribution is 6.30. The number of rotatable bonds is 6. The van der Waals surface area contributed by atoms with Crippen molar-refractivity contribution in [3.05, 3.63) is 34.9 Å². The van der Waals surface area contributed by atoms with E-state index in [-0.39, 0.29) is 11.9 Å². The topological polar surface area (TPSA) is 55.1 Å². The second-order valence-corrected chi connectivity index (χ2v) is 6.43. The van der Waals surface area contributed by atoms with Crippen LogP contribution in [0.15, 0.2) is 24.3 Å². The molecular formula is C15H21ClN2O. The van der Waals surface area contributed by atoms with Crippen molar-refractivity contribution in [3.63, 3.8) is 0 Å². The average Bonchev–Trinajstić information content (AvgIpc) is 3.16. The Hall–Kier alpha value is -1.06. The first kappa shape index (κ1) is 14.4. The lowest BCUT2D eigenvalue weighted by atomic mass is 9.91. The van der Waals surface area contributed by atoms with Gasteiger partial charge in [0.1, 0.15) is 0 Å². The molecule has 1 aromatic rings. The van der Waals surface area contributed by atoms with Gasteiger partial charge in [0.25, 0.3) is 0 Å². The van der Waals surface area contributed by atoms with Crippen LogP contribution in [0.1, 0.15) is 38.3 Å². The summed E-state index contributed by atoms with van der Waals surface area (Å²) in [6, 6.07) is 8.21. The number of nitrogens with one attached hydrogen (secondary N) is 1. The van der Waals surface area contributed by atoms with Crippen LogP contribution in [0.3, 0.4) is 0 Å². The summed E-state index contributed by atoms with van der Waals surface area (Å²) in [4.78, 5) is 11.4. The molecule has 19 heavy (non-hydrogen) atoms. The third-order valence-electron chi connectivity index (χ3n) is 3.75. The molecular weight excluding hydrogens is 260 g/mol. The van der Waals surface area contributed by atoms with E-state index in [4.69, 9.17) is 17.3 Å². The molecule has 0 radical (unpaired) electrons. The summed E-state index contributed by atoms with van der Waals surface area (Å²) in [6.07, 6.45) is 2.47. The molecule has 0 spiro atoms. The van der Waals surface area contributed by atoms with Gasteiger partial charge in [-0.25, -0.2) is 0 Å². The first-order valence-corrected chi connectivity index (χ1v) is 7.07. The Morgan fingerprint density at radius 1 is 1.42 bits per heavy atom. The molecule has 0 bridgehead atoms. The van der Waals surface area contributed by atoms with Gasteiger partial charge in [-0.2, -0.15) is 0 Å². The highest BCUT2D eigenvalue weighted by Crippen LogP contribution is 2.41. The summed E-state index contributed by atoms with van der Waals surface area (Å²) < 4.78 is 0. The van der Waals surface area contributed by atoms with Crippen molar-refractivity contribution in [1.82, 2.24) is 5.32 Å².